The number of nitrogens with one attached hydrogen (secondary N) is 1. The smallest absolute Gasteiger partial charge is 0.194 e. The molecule has 2 heterocycles. The highest BCUT2D eigenvalue weighted by Crippen LogP contribution is 2.34. The first-order valence-corrected chi connectivity index (χ1v) is 10.2. The van der Waals surface area contributed by atoms with Gasteiger partial charge in [0.25, 0.3) is 0 Å². The van der Waals surface area contributed by atoms with E-state index in [0.29, 0.717) is 18.4 Å². The normalized spacial score (nSPS) is 20.7. The number of likely N-dealkylation sites (tertiary alicyclic amines) is 1. The topological polar surface area (TPSA) is 58.3 Å². The second-order valence-electron chi connectivity index (χ2n) is 7.12. The first-order chi connectivity index (χ1) is 13.3. The third kappa shape index (κ3) is 4.67. The molecule has 1 aromatic carbocycles. The van der Waals surface area contributed by atoms with Crippen molar-refractivity contribution in [2.75, 3.05) is 19.6 Å². The molecule has 0 spiro atoms. The van der Waals surface area contributed by atoms with E-state index in [1.165, 1.54) is 12.0 Å². The van der Waals surface area contributed by atoms with Gasteiger partial charge >= 0.3 is 0 Å². The Labute approximate surface area is 162 Å². The molecule has 6 heteroatoms. The third-order valence-corrected chi connectivity index (χ3v) is 5.53. The highest BCUT2D eigenvalue weighted by Gasteiger charge is 2.30. The maximum absolute atomic E-state index is 4.86. The van der Waals surface area contributed by atoms with Crippen LogP contribution in [0, 0.1) is 5.92 Å². The van der Waals surface area contributed by atoms with Crippen LogP contribution < -0.4 is 5.32 Å². The number of hydrogen-bond acceptors (Lipinski definition) is 3. The van der Waals surface area contributed by atoms with Gasteiger partial charge in [0.1, 0.15) is 12.9 Å². The molecule has 1 aliphatic rings. The molecule has 0 bridgehead atoms. The number of hydrogen-bond donors (Lipinski definition) is 1. The molecule has 1 saturated heterocycles. The highest BCUT2D eigenvalue weighted by atomic mass is 15.3. The van der Waals surface area contributed by atoms with Crippen molar-refractivity contribution in [2.24, 2.45) is 10.9 Å². The van der Waals surface area contributed by atoms with Gasteiger partial charge in [-0.25, -0.2) is 4.99 Å². The van der Waals surface area contributed by atoms with E-state index in [-0.39, 0.29) is 0 Å². The Kier molecular flexibility index (Phi) is 6.85. The Bertz CT molecular complexity index is 723. The lowest BCUT2D eigenvalue weighted by atomic mass is 9.79. The molecule has 27 heavy (non-hydrogen) atoms. The van der Waals surface area contributed by atoms with Crippen LogP contribution in [0.4, 0.5) is 0 Å². The average Bonchev–Trinajstić information content (AvgIpc) is 3.19. The molecule has 146 valence electrons. The van der Waals surface area contributed by atoms with E-state index < -0.39 is 0 Å². The lowest BCUT2D eigenvalue weighted by Gasteiger charge is -2.40. The molecule has 6 nitrogen and oxygen atoms in total. The second kappa shape index (κ2) is 9.53. The van der Waals surface area contributed by atoms with Crippen molar-refractivity contribution in [1.29, 1.82) is 0 Å². The number of rotatable bonds is 6. The third-order valence-electron chi connectivity index (χ3n) is 5.53. The number of aryl methyl sites for hydroxylation is 1. The Balaban J connectivity index is 1.72. The Morgan fingerprint density at radius 1 is 1.22 bits per heavy atom. The van der Waals surface area contributed by atoms with E-state index in [1.807, 2.05) is 4.57 Å². The monoisotopic (exact) mass is 368 g/mol. The maximum atomic E-state index is 4.86. The summed E-state index contributed by atoms with van der Waals surface area (Å²) < 4.78 is 2.05. The van der Waals surface area contributed by atoms with Crippen LogP contribution in [-0.2, 0) is 13.1 Å². The predicted molar refractivity (Wildman–Crippen MR) is 110 cm³/mol. The molecule has 1 N–H and O–H groups in total. The molecular formula is C21H32N6. The second-order valence-corrected chi connectivity index (χ2v) is 7.12. The molecule has 1 aromatic heterocycles. The zero-order chi connectivity index (χ0) is 19.1. The van der Waals surface area contributed by atoms with E-state index in [2.05, 4.69) is 71.5 Å². The minimum Gasteiger partial charge on any atom is -0.357 e. The zero-order valence-corrected chi connectivity index (χ0v) is 16.8. The predicted octanol–water partition coefficient (Wildman–Crippen LogP) is 3.28. The number of aliphatic imine (C=N–C) groups is 1. The van der Waals surface area contributed by atoms with Crippen LogP contribution in [0.25, 0.3) is 0 Å². The molecule has 0 saturated carbocycles. The van der Waals surface area contributed by atoms with Crippen molar-refractivity contribution in [2.45, 2.75) is 52.6 Å². The summed E-state index contributed by atoms with van der Waals surface area (Å²) in [5.74, 6) is 3.19. The van der Waals surface area contributed by atoms with Gasteiger partial charge in [-0.05, 0) is 37.7 Å². The highest BCUT2D eigenvalue weighted by molar-refractivity contribution is 5.80. The number of guanidine groups is 1. The van der Waals surface area contributed by atoms with Crippen LogP contribution in [0.5, 0.6) is 0 Å². The minimum absolute atomic E-state index is 0.561. The van der Waals surface area contributed by atoms with Gasteiger partial charge in [-0.1, -0.05) is 43.7 Å². The molecule has 2 atom stereocenters. The summed E-state index contributed by atoms with van der Waals surface area (Å²) in [7, 11) is 0. The largest absolute Gasteiger partial charge is 0.357 e. The van der Waals surface area contributed by atoms with Gasteiger partial charge in [-0.2, -0.15) is 0 Å². The summed E-state index contributed by atoms with van der Waals surface area (Å²) >= 11 is 0. The molecule has 0 radical (unpaired) electrons. The van der Waals surface area contributed by atoms with Gasteiger partial charge in [0.15, 0.2) is 11.8 Å². The van der Waals surface area contributed by atoms with Crippen molar-refractivity contribution in [3.05, 3.63) is 48.0 Å². The van der Waals surface area contributed by atoms with Gasteiger partial charge in [0.05, 0.1) is 0 Å². The van der Waals surface area contributed by atoms with E-state index >= 15 is 0 Å². The molecular weight excluding hydrogens is 336 g/mol. The van der Waals surface area contributed by atoms with E-state index in [0.717, 1.165) is 44.4 Å². The lowest BCUT2D eigenvalue weighted by Crippen LogP contribution is -2.48. The standard InChI is InChI=1S/C21H32N6/c1-4-17-15-27(13-12-19(17)18-10-8-7-9-11-18)21(22-5-2)23-14-20-25-24-16-26(20)6-3/h7-11,16-17,19H,4-6,12-15H2,1-3H3,(H,22,23). The summed E-state index contributed by atoms with van der Waals surface area (Å²) in [6.07, 6.45) is 4.12. The fourth-order valence-electron chi connectivity index (χ4n) is 4.01. The minimum atomic E-state index is 0.561. The maximum Gasteiger partial charge on any atom is 0.194 e. The van der Waals surface area contributed by atoms with Gasteiger partial charge in [0.2, 0.25) is 0 Å². The summed E-state index contributed by atoms with van der Waals surface area (Å²) in [6.45, 7) is 10.9. The SMILES string of the molecule is CCNC(=NCc1nncn1CC)N1CCC(c2ccccc2)C(CC)C1. The average molecular weight is 369 g/mol. The van der Waals surface area contributed by atoms with Crippen LogP contribution in [0.2, 0.25) is 0 Å². The van der Waals surface area contributed by atoms with E-state index in [1.54, 1.807) is 6.33 Å². The van der Waals surface area contributed by atoms with Gasteiger partial charge in [-0.3, -0.25) is 0 Å². The van der Waals surface area contributed by atoms with Crippen LogP contribution in [0.3, 0.4) is 0 Å². The lowest BCUT2D eigenvalue weighted by molar-refractivity contribution is 0.215. The first-order valence-electron chi connectivity index (χ1n) is 10.2. The number of aromatic nitrogens is 3. The molecule has 1 fully saturated rings. The molecule has 1 aliphatic heterocycles. The van der Waals surface area contributed by atoms with Crippen LogP contribution in [-0.4, -0.2) is 45.3 Å². The fourth-order valence-corrected chi connectivity index (χ4v) is 4.01. The molecule has 0 amide bonds. The summed E-state index contributed by atoms with van der Waals surface area (Å²) in [5.41, 5.74) is 1.47. The van der Waals surface area contributed by atoms with Crippen molar-refractivity contribution >= 4 is 5.96 Å². The Morgan fingerprint density at radius 3 is 2.74 bits per heavy atom. The Hall–Kier alpha value is -2.37. The quantitative estimate of drug-likeness (QED) is 0.628. The first kappa shape index (κ1) is 19.4. The summed E-state index contributed by atoms with van der Waals surface area (Å²) in [6, 6.07) is 11.0. The van der Waals surface area contributed by atoms with E-state index in [4.69, 9.17) is 4.99 Å². The van der Waals surface area contributed by atoms with Gasteiger partial charge in [0, 0.05) is 26.2 Å². The van der Waals surface area contributed by atoms with E-state index in [9.17, 15) is 0 Å². The Morgan fingerprint density at radius 2 is 2.04 bits per heavy atom. The van der Waals surface area contributed by atoms with Crippen molar-refractivity contribution < 1.29 is 0 Å². The fraction of sp³-hybridized carbons (Fsp3) is 0.571. The number of benzene rings is 1. The van der Waals surface area contributed by atoms with Crippen molar-refractivity contribution in [3.8, 4) is 0 Å². The van der Waals surface area contributed by atoms with Crippen LogP contribution in [0.1, 0.15) is 50.9 Å². The molecule has 3 rings (SSSR count). The summed E-state index contributed by atoms with van der Waals surface area (Å²) in [5, 5.41) is 11.7. The molecule has 0 aliphatic carbocycles. The van der Waals surface area contributed by atoms with Crippen LogP contribution >= 0.6 is 0 Å². The molecule has 2 unspecified atom stereocenters. The number of nitrogens with zero attached hydrogens (tertiary/aromatic N) is 5. The molecule has 2 aromatic rings. The van der Waals surface area contributed by atoms with Gasteiger partial charge < -0.3 is 14.8 Å². The number of piperidine rings is 1. The van der Waals surface area contributed by atoms with Gasteiger partial charge in [-0.15, -0.1) is 10.2 Å². The van der Waals surface area contributed by atoms with Crippen LogP contribution in [0.15, 0.2) is 41.7 Å². The summed E-state index contributed by atoms with van der Waals surface area (Å²) in [4.78, 5) is 7.28. The van der Waals surface area contributed by atoms with Crippen molar-refractivity contribution in [3.63, 3.8) is 0 Å². The zero-order valence-electron chi connectivity index (χ0n) is 16.8. The van der Waals surface area contributed by atoms with Crippen molar-refractivity contribution in [1.82, 2.24) is 25.0 Å².